The van der Waals surface area contributed by atoms with Gasteiger partial charge in [0.1, 0.15) is 0 Å². The molecule has 1 heterocycles. The summed E-state index contributed by atoms with van der Waals surface area (Å²) < 4.78 is 5.03. The molecule has 0 saturated carbocycles. The Hall–Kier alpha value is -0.830. The van der Waals surface area contributed by atoms with Gasteiger partial charge in [0, 0.05) is 10.8 Å². The van der Waals surface area contributed by atoms with Gasteiger partial charge in [0.15, 0.2) is 0 Å². The molecule has 2 nitrogen and oxygen atoms in total. The monoisotopic (exact) mass is 212 g/mol. The Bertz CT molecular complexity index is 267. The molecule has 3 heteroatoms. The van der Waals surface area contributed by atoms with E-state index in [9.17, 15) is 4.79 Å². The van der Waals surface area contributed by atoms with E-state index in [0.29, 0.717) is 13.0 Å². The minimum absolute atomic E-state index is 0.0900. The number of esters is 1. The molecule has 78 valence electrons. The second-order valence-electron chi connectivity index (χ2n) is 3.34. The molecule has 1 unspecified atom stereocenters. The number of carbonyl (C=O) groups is 1. The summed E-state index contributed by atoms with van der Waals surface area (Å²) in [5.74, 6) is 0.187. The van der Waals surface area contributed by atoms with Gasteiger partial charge in [-0.25, -0.2) is 0 Å². The fourth-order valence-corrected chi connectivity index (χ4v) is 1.98. The van der Waals surface area contributed by atoms with Crippen molar-refractivity contribution in [3.05, 3.63) is 22.4 Å². The lowest BCUT2D eigenvalue weighted by atomic mass is 10.1. The summed E-state index contributed by atoms with van der Waals surface area (Å²) in [5, 5.41) is 2.03. The molecule has 1 aromatic rings. The van der Waals surface area contributed by atoms with Gasteiger partial charge in [-0.1, -0.05) is 19.9 Å². The van der Waals surface area contributed by atoms with Crippen LogP contribution in [0.1, 0.15) is 37.5 Å². The van der Waals surface area contributed by atoms with Gasteiger partial charge in [-0.15, -0.1) is 11.3 Å². The molecular formula is C11H16O2S. The van der Waals surface area contributed by atoms with Gasteiger partial charge in [0.05, 0.1) is 13.0 Å². The van der Waals surface area contributed by atoms with E-state index in [-0.39, 0.29) is 11.9 Å². The lowest BCUT2D eigenvalue weighted by Crippen LogP contribution is -2.08. The van der Waals surface area contributed by atoms with Gasteiger partial charge in [0.25, 0.3) is 0 Å². The van der Waals surface area contributed by atoms with Crippen molar-refractivity contribution in [2.24, 2.45) is 0 Å². The van der Waals surface area contributed by atoms with Gasteiger partial charge < -0.3 is 4.74 Å². The Morgan fingerprint density at radius 3 is 3.00 bits per heavy atom. The Morgan fingerprint density at radius 2 is 2.43 bits per heavy atom. The van der Waals surface area contributed by atoms with E-state index in [1.165, 1.54) is 4.88 Å². The maximum absolute atomic E-state index is 11.3. The fourth-order valence-electron chi connectivity index (χ4n) is 1.20. The Kier molecular flexibility index (Phi) is 4.66. The van der Waals surface area contributed by atoms with E-state index in [1.807, 2.05) is 18.4 Å². The first-order valence-corrected chi connectivity index (χ1v) is 5.81. The zero-order valence-corrected chi connectivity index (χ0v) is 9.47. The molecule has 0 spiro atoms. The Morgan fingerprint density at radius 1 is 1.64 bits per heavy atom. The second-order valence-corrected chi connectivity index (χ2v) is 4.32. The maximum atomic E-state index is 11.3. The topological polar surface area (TPSA) is 26.3 Å². The van der Waals surface area contributed by atoms with E-state index in [2.05, 4.69) is 13.0 Å². The largest absolute Gasteiger partial charge is 0.466 e. The number of rotatable bonds is 5. The summed E-state index contributed by atoms with van der Waals surface area (Å²) in [4.78, 5) is 12.5. The van der Waals surface area contributed by atoms with Gasteiger partial charge in [-0.3, -0.25) is 4.79 Å². The first-order chi connectivity index (χ1) is 6.74. The highest BCUT2D eigenvalue weighted by Crippen LogP contribution is 2.23. The van der Waals surface area contributed by atoms with Crippen molar-refractivity contribution >= 4 is 17.3 Å². The molecule has 0 aliphatic rings. The normalized spacial score (nSPS) is 12.4. The zero-order valence-electron chi connectivity index (χ0n) is 8.66. The lowest BCUT2D eigenvalue weighted by molar-refractivity contribution is -0.144. The Balaban J connectivity index is 2.33. The van der Waals surface area contributed by atoms with E-state index >= 15 is 0 Å². The second kappa shape index (κ2) is 5.81. The van der Waals surface area contributed by atoms with Crippen LogP contribution in [0.15, 0.2) is 17.5 Å². The van der Waals surface area contributed by atoms with E-state index in [1.54, 1.807) is 11.3 Å². The van der Waals surface area contributed by atoms with Crippen LogP contribution >= 0.6 is 11.3 Å². The molecule has 0 amide bonds. The average molecular weight is 212 g/mol. The van der Waals surface area contributed by atoms with Crippen LogP contribution in [-0.4, -0.2) is 12.6 Å². The van der Waals surface area contributed by atoms with Crippen LogP contribution < -0.4 is 0 Å². The molecule has 0 bridgehead atoms. The van der Waals surface area contributed by atoms with Gasteiger partial charge >= 0.3 is 5.97 Å². The van der Waals surface area contributed by atoms with E-state index in [0.717, 1.165) is 6.42 Å². The van der Waals surface area contributed by atoms with Crippen LogP contribution in [0.2, 0.25) is 0 Å². The van der Waals surface area contributed by atoms with Crippen LogP contribution in [0.5, 0.6) is 0 Å². The maximum Gasteiger partial charge on any atom is 0.306 e. The van der Waals surface area contributed by atoms with Crippen LogP contribution in [0, 0.1) is 0 Å². The van der Waals surface area contributed by atoms with E-state index < -0.39 is 0 Å². The molecule has 0 fully saturated rings. The molecule has 0 radical (unpaired) electrons. The van der Waals surface area contributed by atoms with Crippen molar-refractivity contribution in [2.45, 2.75) is 32.6 Å². The molecule has 0 aromatic carbocycles. The Labute approximate surface area is 88.9 Å². The molecule has 0 N–H and O–H groups in total. The van der Waals surface area contributed by atoms with Crippen molar-refractivity contribution in [3.8, 4) is 0 Å². The lowest BCUT2D eigenvalue weighted by Gasteiger charge is -2.08. The molecule has 1 aromatic heterocycles. The first kappa shape index (κ1) is 11.2. The van der Waals surface area contributed by atoms with Crippen molar-refractivity contribution in [2.75, 3.05) is 6.61 Å². The van der Waals surface area contributed by atoms with Crippen molar-refractivity contribution in [1.82, 2.24) is 0 Å². The first-order valence-electron chi connectivity index (χ1n) is 4.93. The standard InChI is InChI=1S/C11H16O2S/c1-3-6-13-11(12)8-9(2)10-5-4-7-14-10/h4-5,7,9H,3,6,8H2,1-2H3. The predicted molar refractivity (Wildman–Crippen MR) is 58.6 cm³/mol. The number of carbonyl (C=O) groups excluding carboxylic acids is 1. The van der Waals surface area contributed by atoms with Crippen LogP contribution in [0.4, 0.5) is 0 Å². The zero-order chi connectivity index (χ0) is 10.4. The summed E-state index contributed by atoms with van der Waals surface area (Å²) in [6.45, 7) is 4.59. The number of thiophene rings is 1. The third kappa shape index (κ3) is 3.50. The molecule has 1 atom stereocenters. The third-order valence-corrected chi connectivity index (χ3v) is 3.07. The van der Waals surface area contributed by atoms with Crippen molar-refractivity contribution < 1.29 is 9.53 Å². The average Bonchev–Trinajstić information content (AvgIpc) is 2.67. The molecular weight excluding hydrogens is 196 g/mol. The molecule has 14 heavy (non-hydrogen) atoms. The third-order valence-electron chi connectivity index (χ3n) is 1.97. The molecule has 0 aliphatic heterocycles. The van der Waals surface area contributed by atoms with Crippen LogP contribution in [0.3, 0.4) is 0 Å². The molecule has 0 saturated heterocycles. The highest BCUT2D eigenvalue weighted by molar-refractivity contribution is 7.10. The van der Waals surface area contributed by atoms with Crippen molar-refractivity contribution in [1.29, 1.82) is 0 Å². The number of ether oxygens (including phenoxy) is 1. The quantitative estimate of drug-likeness (QED) is 0.701. The fraction of sp³-hybridized carbons (Fsp3) is 0.545. The molecule has 1 rings (SSSR count). The summed E-state index contributed by atoms with van der Waals surface area (Å²) in [7, 11) is 0. The number of hydrogen-bond donors (Lipinski definition) is 0. The number of hydrogen-bond acceptors (Lipinski definition) is 3. The SMILES string of the molecule is CCCOC(=O)CC(C)c1cccs1. The molecule has 0 aliphatic carbocycles. The highest BCUT2D eigenvalue weighted by atomic mass is 32.1. The minimum atomic E-state index is -0.0900. The van der Waals surface area contributed by atoms with Crippen LogP contribution in [0.25, 0.3) is 0 Å². The summed E-state index contributed by atoms with van der Waals surface area (Å²) >= 11 is 1.69. The van der Waals surface area contributed by atoms with Crippen molar-refractivity contribution in [3.63, 3.8) is 0 Å². The highest BCUT2D eigenvalue weighted by Gasteiger charge is 2.12. The van der Waals surface area contributed by atoms with Gasteiger partial charge in [-0.2, -0.15) is 0 Å². The van der Waals surface area contributed by atoms with Gasteiger partial charge in [-0.05, 0) is 17.9 Å². The minimum Gasteiger partial charge on any atom is -0.466 e. The van der Waals surface area contributed by atoms with Crippen LogP contribution in [-0.2, 0) is 9.53 Å². The predicted octanol–water partition coefficient (Wildman–Crippen LogP) is 3.19. The summed E-state index contributed by atoms with van der Waals surface area (Å²) in [6.07, 6.45) is 1.37. The summed E-state index contributed by atoms with van der Waals surface area (Å²) in [6, 6.07) is 4.07. The smallest absolute Gasteiger partial charge is 0.306 e. The van der Waals surface area contributed by atoms with E-state index in [4.69, 9.17) is 4.74 Å². The van der Waals surface area contributed by atoms with Gasteiger partial charge in [0.2, 0.25) is 0 Å². The summed E-state index contributed by atoms with van der Waals surface area (Å²) in [5.41, 5.74) is 0.